The van der Waals surface area contributed by atoms with Crippen molar-refractivity contribution in [3.8, 4) is 0 Å². The number of ether oxygens (including phenoxy) is 1. The number of aliphatic hydroxyl groups excluding tert-OH is 1. The molecule has 0 saturated carbocycles. The highest BCUT2D eigenvalue weighted by Crippen LogP contribution is 2.27. The van der Waals surface area contributed by atoms with Gasteiger partial charge in [0.1, 0.15) is 12.4 Å². The second-order valence-electron chi connectivity index (χ2n) is 5.45. The Balaban J connectivity index is 1.65. The Morgan fingerprint density at radius 1 is 1.23 bits per heavy atom. The minimum atomic E-state index is -0.371. The van der Waals surface area contributed by atoms with E-state index < -0.39 is 0 Å². The summed E-state index contributed by atoms with van der Waals surface area (Å²) in [6.07, 6.45) is 8.71. The lowest BCUT2D eigenvalue weighted by Crippen LogP contribution is -2.37. The van der Waals surface area contributed by atoms with Crippen LogP contribution < -0.4 is 0 Å². The fourth-order valence-corrected chi connectivity index (χ4v) is 2.81. The van der Waals surface area contributed by atoms with Crippen molar-refractivity contribution in [3.63, 3.8) is 0 Å². The van der Waals surface area contributed by atoms with Crippen molar-refractivity contribution in [3.05, 3.63) is 71.5 Å². The lowest BCUT2D eigenvalue weighted by atomic mass is 10.1. The number of hydrogen-bond acceptors (Lipinski definition) is 3. The van der Waals surface area contributed by atoms with Gasteiger partial charge in [-0.2, -0.15) is 0 Å². The van der Waals surface area contributed by atoms with Crippen LogP contribution in [0, 0.1) is 0 Å². The van der Waals surface area contributed by atoms with Gasteiger partial charge in [0.2, 0.25) is 0 Å². The first-order valence-electron chi connectivity index (χ1n) is 7.51. The number of nitrogens with zero attached hydrogens (tertiary/aromatic N) is 1. The molecule has 4 heteroatoms. The number of carbonyl (C=O) groups excluding carboxylic acids is 1. The second-order valence-corrected chi connectivity index (χ2v) is 5.45. The summed E-state index contributed by atoms with van der Waals surface area (Å²) in [7, 11) is 0. The van der Waals surface area contributed by atoms with Gasteiger partial charge < -0.3 is 9.84 Å². The van der Waals surface area contributed by atoms with Gasteiger partial charge in [-0.05, 0) is 18.4 Å². The van der Waals surface area contributed by atoms with Crippen LogP contribution >= 0.6 is 0 Å². The summed E-state index contributed by atoms with van der Waals surface area (Å²) in [5, 5.41) is 10.4. The number of benzene rings is 1. The number of rotatable bonds is 3. The summed E-state index contributed by atoms with van der Waals surface area (Å²) in [5.41, 5.74) is 1.73. The number of aliphatic hydroxyl groups is 1. The van der Waals surface area contributed by atoms with Crippen LogP contribution in [0.4, 0.5) is 4.79 Å². The molecule has 1 aliphatic carbocycles. The smallest absolute Gasteiger partial charge is 0.410 e. The lowest BCUT2D eigenvalue weighted by molar-refractivity contribution is 0.0902. The van der Waals surface area contributed by atoms with Crippen LogP contribution in [0.5, 0.6) is 0 Å². The Labute approximate surface area is 130 Å². The van der Waals surface area contributed by atoms with Gasteiger partial charge in [0.25, 0.3) is 0 Å². The molecule has 1 N–H and O–H groups in total. The molecule has 1 atom stereocenters. The first kappa shape index (κ1) is 14.4. The fourth-order valence-electron chi connectivity index (χ4n) is 2.81. The van der Waals surface area contributed by atoms with Crippen molar-refractivity contribution >= 4 is 6.09 Å². The fraction of sp³-hybridized carbons (Fsp3) is 0.278. The summed E-state index contributed by atoms with van der Waals surface area (Å²) in [6, 6.07) is 9.30. The molecular weight excluding hydrogens is 278 g/mol. The summed E-state index contributed by atoms with van der Waals surface area (Å²) in [5.74, 6) is 0.249. The third-order valence-corrected chi connectivity index (χ3v) is 3.97. The molecule has 0 radical (unpaired) electrons. The first-order chi connectivity index (χ1) is 10.8. The van der Waals surface area contributed by atoms with Crippen molar-refractivity contribution in [2.45, 2.75) is 25.5 Å². The van der Waals surface area contributed by atoms with E-state index in [9.17, 15) is 9.90 Å². The average Bonchev–Trinajstić information content (AvgIpc) is 3.24. The van der Waals surface area contributed by atoms with Gasteiger partial charge in [-0.25, -0.2) is 4.79 Å². The molecule has 4 nitrogen and oxygen atoms in total. The highest BCUT2D eigenvalue weighted by atomic mass is 16.6. The van der Waals surface area contributed by atoms with E-state index in [0.29, 0.717) is 6.54 Å². The SMILES string of the molecule is O=C(OCc1ccccc1)N1CCC[C@H]1C(O)=C1C=CC=C1. The topological polar surface area (TPSA) is 49.8 Å². The van der Waals surface area contributed by atoms with Crippen molar-refractivity contribution in [1.82, 2.24) is 4.90 Å². The predicted octanol–water partition coefficient (Wildman–Crippen LogP) is 3.73. The maximum absolute atomic E-state index is 12.3. The van der Waals surface area contributed by atoms with Crippen LogP contribution in [0.1, 0.15) is 18.4 Å². The van der Waals surface area contributed by atoms with Crippen LogP contribution in [0.3, 0.4) is 0 Å². The molecule has 1 fully saturated rings. The summed E-state index contributed by atoms with van der Waals surface area (Å²) < 4.78 is 5.37. The van der Waals surface area contributed by atoms with E-state index in [4.69, 9.17) is 4.74 Å². The van der Waals surface area contributed by atoms with Crippen LogP contribution in [0.15, 0.2) is 66.0 Å². The van der Waals surface area contributed by atoms with Crippen LogP contribution in [0.25, 0.3) is 0 Å². The Morgan fingerprint density at radius 2 is 1.95 bits per heavy atom. The van der Waals surface area contributed by atoms with E-state index in [2.05, 4.69) is 0 Å². The minimum absolute atomic E-state index is 0.249. The molecule has 1 heterocycles. The third-order valence-electron chi connectivity index (χ3n) is 3.97. The van der Waals surface area contributed by atoms with Gasteiger partial charge in [-0.15, -0.1) is 0 Å². The second kappa shape index (κ2) is 6.52. The zero-order valence-electron chi connectivity index (χ0n) is 12.3. The molecule has 1 aliphatic heterocycles. The summed E-state index contributed by atoms with van der Waals surface area (Å²) in [4.78, 5) is 13.9. The average molecular weight is 297 g/mol. The summed E-state index contributed by atoms with van der Waals surface area (Å²) >= 11 is 0. The van der Waals surface area contributed by atoms with E-state index in [0.717, 1.165) is 24.0 Å². The van der Waals surface area contributed by atoms with E-state index in [1.807, 2.05) is 54.6 Å². The number of likely N-dealkylation sites (tertiary alicyclic amines) is 1. The Hall–Kier alpha value is -2.49. The van der Waals surface area contributed by atoms with Crippen LogP contribution in [-0.2, 0) is 11.3 Å². The van der Waals surface area contributed by atoms with Crippen LogP contribution in [0.2, 0.25) is 0 Å². The lowest BCUT2D eigenvalue weighted by Gasteiger charge is -2.24. The molecule has 3 rings (SSSR count). The van der Waals surface area contributed by atoms with Gasteiger partial charge in [0.05, 0.1) is 6.04 Å². The zero-order chi connectivity index (χ0) is 15.4. The standard InChI is InChI=1S/C18H19NO3/c20-17(15-9-4-5-10-15)16-11-6-12-19(16)18(21)22-13-14-7-2-1-3-8-14/h1-5,7-10,16,20H,6,11-13H2/t16-/m0/s1. The number of allylic oxidation sites excluding steroid dienone is 5. The molecule has 0 spiro atoms. The van der Waals surface area contributed by atoms with Gasteiger partial charge in [-0.3, -0.25) is 4.90 Å². The molecule has 0 unspecified atom stereocenters. The van der Waals surface area contributed by atoms with Gasteiger partial charge in [0, 0.05) is 12.1 Å². The molecule has 22 heavy (non-hydrogen) atoms. The molecular formula is C18H19NO3. The minimum Gasteiger partial charge on any atom is -0.509 e. The van der Waals surface area contributed by atoms with Gasteiger partial charge in [-0.1, -0.05) is 54.6 Å². The van der Waals surface area contributed by atoms with Gasteiger partial charge >= 0.3 is 6.09 Å². The van der Waals surface area contributed by atoms with Crippen molar-refractivity contribution in [2.24, 2.45) is 0 Å². The third kappa shape index (κ3) is 3.06. The largest absolute Gasteiger partial charge is 0.509 e. The molecule has 0 bridgehead atoms. The number of amides is 1. The number of hydrogen-bond donors (Lipinski definition) is 1. The molecule has 1 aromatic rings. The van der Waals surface area contributed by atoms with E-state index in [1.54, 1.807) is 4.90 Å². The monoisotopic (exact) mass is 297 g/mol. The molecule has 1 saturated heterocycles. The van der Waals surface area contributed by atoms with Crippen molar-refractivity contribution in [2.75, 3.05) is 6.54 Å². The predicted molar refractivity (Wildman–Crippen MR) is 84.3 cm³/mol. The molecule has 2 aliphatic rings. The quantitative estimate of drug-likeness (QED) is 0.865. The molecule has 1 amide bonds. The Bertz CT molecular complexity index is 617. The van der Waals surface area contributed by atoms with Crippen molar-refractivity contribution < 1.29 is 14.6 Å². The highest BCUT2D eigenvalue weighted by molar-refractivity contribution is 5.69. The zero-order valence-corrected chi connectivity index (χ0v) is 12.3. The first-order valence-corrected chi connectivity index (χ1v) is 7.51. The Kier molecular flexibility index (Phi) is 4.28. The van der Waals surface area contributed by atoms with Gasteiger partial charge in [0.15, 0.2) is 0 Å². The van der Waals surface area contributed by atoms with E-state index in [1.165, 1.54) is 0 Å². The summed E-state index contributed by atoms with van der Waals surface area (Å²) in [6.45, 7) is 0.864. The highest BCUT2D eigenvalue weighted by Gasteiger charge is 2.33. The maximum Gasteiger partial charge on any atom is 0.410 e. The van der Waals surface area contributed by atoms with E-state index in [-0.39, 0.29) is 24.5 Å². The normalized spacial score (nSPS) is 19.7. The van der Waals surface area contributed by atoms with Crippen molar-refractivity contribution in [1.29, 1.82) is 0 Å². The maximum atomic E-state index is 12.3. The molecule has 114 valence electrons. The van der Waals surface area contributed by atoms with E-state index >= 15 is 0 Å². The Morgan fingerprint density at radius 3 is 2.68 bits per heavy atom. The number of carbonyl (C=O) groups is 1. The van der Waals surface area contributed by atoms with Crippen LogP contribution in [-0.4, -0.2) is 28.7 Å². The molecule has 0 aromatic heterocycles. The molecule has 1 aromatic carbocycles.